The minimum atomic E-state index is -1.23. The maximum absolute atomic E-state index is 11.8. The summed E-state index contributed by atoms with van der Waals surface area (Å²) in [5.74, 6) is -2.05. The molecule has 1 aliphatic heterocycles. The maximum Gasteiger partial charge on any atom is 0.303 e. The molecule has 0 N–H and O–H groups in total. The molecular formula is C18H18ClN5O7S. The predicted octanol–water partition coefficient (Wildman–Crippen LogP) is 2.53. The van der Waals surface area contributed by atoms with Crippen LogP contribution in [0.4, 0.5) is 0 Å². The molecule has 14 heteroatoms. The van der Waals surface area contributed by atoms with Crippen LogP contribution >= 0.6 is 23.4 Å². The van der Waals surface area contributed by atoms with E-state index in [0.29, 0.717) is 4.90 Å². The molecule has 0 spiro atoms. The van der Waals surface area contributed by atoms with Gasteiger partial charge in [0.2, 0.25) is 0 Å². The van der Waals surface area contributed by atoms with Crippen molar-refractivity contribution in [3.05, 3.63) is 33.4 Å². The first kappa shape index (κ1) is 25.2. The van der Waals surface area contributed by atoms with Gasteiger partial charge in [-0.15, -0.1) is 0 Å². The van der Waals surface area contributed by atoms with Crippen molar-refractivity contribution >= 4 is 41.3 Å². The van der Waals surface area contributed by atoms with Crippen LogP contribution in [0.25, 0.3) is 10.4 Å². The highest BCUT2D eigenvalue weighted by Crippen LogP contribution is 2.39. The SMILES string of the molecule is CC(=O)OCC1O[C@H](Sc2cc(Cl)cnc2C#N)[C@H](OC(C)=O)C(N=[N+]=[N-])[C@H]1OC(C)=O. The van der Waals surface area contributed by atoms with E-state index in [-0.39, 0.29) is 17.3 Å². The second kappa shape index (κ2) is 11.5. The third-order valence-corrected chi connectivity index (χ3v) is 5.41. The number of carbonyl (C=O) groups is 3. The predicted molar refractivity (Wildman–Crippen MR) is 109 cm³/mol. The normalized spacial score (nSPS) is 24.4. The van der Waals surface area contributed by atoms with Crippen molar-refractivity contribution in [2.24, 2.45) is 5.11 Å². The lowest BCUT2D eigenvalue weighted by Crippen LogP contribution is -2.59. The minimum absolute atomic E-state index is 0.0311. The molecule has 12 nitrogen and oxygen atoms in total. The van der Waals surface area contributed by atoms with Crippen LogP contribution in [-0.4, -0.2) is 59.3 Å². The van der Waals surface area contributed by atoms with E-state index in [4.69, 9.17) is 36.1 Å². The van der Waals surface area contributed by atoms with Gasteiger partial charge in [-0.2, -0.15) is 5.26 Å². The Morgan fingerprint density at radius 3 is 2.50 bits per heavy atom. The number of halogens is 1. The van der Waals surface area contributed by atoms with Gasteiger partial charge in [0.25, 0.3) is 0 Å². The summed E-state index contributed by atoms with van der Waals surface area (Å²) < 4.78 is 21.6. The second-order valence-electron chi connectivity index (χ2n) is 6.42. The molecule has 0 aliphatic carbocycles. The van der Waals surface area contributed by atoms with Crippen LogP contribution in [0.2, 0.25) is 5.02 Å². The van der Waals surface area contributed by atoms with Gasteiger partial charge in [-0.1, -0.05) is 28.5 Å². The number of hydrogen-bond acceptors (Lipinski definition) is 11. The first-order valence-corrected chi connectivity index (χ1v) is 10.3. The minimum Gasteiger partial charge on any atom is -0.463 e. The number of carbonyl (C=O) groups excluding carboxylic acids is 3. The van der Waals surface area contributed by atoms with E-state index < -0.39 is 47.7 Å². The zero-order valence-corrected chi connectivity index (χ0v) is 18.7. The van der Waals surface area contributed by atoms with Crippen molar-refractivity contribution in [3.8, 4) is 6.07 Å². The van der Waals surface area contributed by atoms with Crippen molar-refractivity contribution < 1.29 is 33.3 Å². The van der Waals surface area contributed by atoms with Crippen molar-refractivity contribution in [2.75, 3.05) is 6.61 Å². The molecule has 5 atom stereocenters. The Kier molecular flexibility index (Phi) is 9.10. The molecule has 1 fully saturated rings. The van der Waals surface area contributed by atoms with Crippen molar-refractivity contribution in [1.29, 1.82) is 5.26 Å². The number of aromatic nitrogens is 1. The van der Waals surface area contributed by atoms with E-state index in [0.717, 1.165) is 25.6 Å². The fourth-order valence-corrected chi connectivity index (χ4v) is 4.32. The van der Waals surface area contributed by atoms with Gasteiger partial charge in [0.1, 0.15) is 42.5 Å². The highest BCUT2D eigenvalue weighted by Gasteiger charge is 2.50. The second-order valence-corrected chi connectivity index (χ2v) is 8.00. The number of esters is 3. The molecule has 0 amide bonds. The number of pyridine rings is 1. The van der Waals surface area contributed by atoms with Crippen molar-refractivity contribution in [1.82, 2.24) is 4.98 Å². The monoisotopic (exact) mass is 483 g/mol. The molecule has 170 valence electrons. The van der Waals surface area contributed by atoms with Crippen LogP contribution in [0.3, 0.4) is 0 Å². The summed E-state index contributed by atoms with van der Waals surface area (Å²) in [6.07, 6.45) is -2.23. The molecule has 0 aromatic carbocycles. The van der Waals surface area contributed by atoms with Crippen LogP contribution in [0.15, 0.2) is 22.3 Å². The number of thioether (sulfide) groups is 1. The van der Waals surface area contributed by atoms with Gasteiger partial charge in [0.15, 0.2) is 5.69 Å². The third kappa shape index (κ3) is 6.73. The lowest BCUT2D eigenvalue weighted by Gasteiger charge is -2.43. The standard InChI is InChI=1S/C18H18ClN5O7S/c1-8(25)28-7-13-16(29-9(2)26)15(23-24-21)17(30-10(3)27)18(31-13)32-14-4-11(19)6-22-12(14)5-20/h4,6,13,15-18H,7H2,1-3H3/t13?,15?,16-,17+,18+/m0/s1. The van der Waals surface area contributed by atoms with Crippen molar-refractivity contribution in [3.63, 3.8) is 0 Å². The summed E-state index contributed by atoms with van der Waals surface area (Å²) in [7, 11) is 0. The maximum atomic E-state index is 11.8. The average Bonchev–Trinajstić information content (AvgIpc) is 2.70. The van der Waals surface area contributed by atoms with E-state index >= 15 is 0 Å². The van der Waals surface area contributed by atoms with Crippen LogP contribution < -0.4 is 0 Å². The van der Waals surface area contributed by atoms with Gasteiger partial charge in [-0.3, -0.25) is 14.4 Å². The Morgan fingerprint density at radius 2 is 1.94 bits per heavy atom. The summed E-state index contributed by atoms with van der Waals surface area (Å²) in [6, 6.07) is 2.16. The Hall–Kier alpha value is -3.04. The van der Waals surface area contributed by atoms with E-state index in [9.17, 15) is 19.6 Å². The Bertz CT molecular complexity index is 981. The Morgan fingerprint density at radius 1 is 1.28 bits per heavy atom. The molecule has 1 saturated heterocycles. The van der Waals surface area contributed by atoms with Gasteiger partial charge in [-0.05, 0) is 11.6 Å². The summed E-state index contributed by atoms with van der Waals surface area (Å²) in [4.78, 5) is 41.8. The fraction of sp³-hybridized carbons (Fsp3) is 0.500. The van der Waals surface area contributed by atoms with Crippen LogP contribution in [0.5, 0.6) is 0 Å². The van der Waals surface area contributed by atoms with E-state index in [1.54, 1.807) is 0 Å². The molecule has 0 bridgehead atoms. The zero-order valence-electron chi connectivity index (χ0n) is 17.1. The molecule has 0 radical (unpaired) electrons. The number of rotatable bonds is 7. The number of hydrogen-bond donors (Lipinski definition) is 0. The highest BCUT2D eigenvalue weighted by molar-refractivity contribution is 7.99. The zero-order chi connectivity index (χ0) is 23.8. The Balaban J connectivity index is 2.51. The smallest absolute Gasteiger partial charge is 0.303 e. The molecule has 2 heterocycles. The molecule has 1 aromatic rings. The highest BCUT2D eigenvalue weighted by atomic mass is 35.5. The average molecular weight is 484 g/mol. The van der Waals surface area contributed by atoms with Crippen molar-refractivity contribution in [2.45, 2.75) is 55.5 Å². The van der Waals surface area contributed by atoms with E-state index in [1.807, 2.05) is 6.07 Å². The summed E-state index contributed by atoms with van der Waals surface area (Å²) in [6.45, 7) is 3.11. The first-order chi connectivity index (χ1) is 15.2. The summed E-state index contributed by atoms with van der Waals surface area (Å²) in [5.41, 5.74) is 8.07. The number of nitriles is 1. The van der Waals surface area contributed by atoms with E-state index in [1.165, 1.54) is 19.2 Å². The van der Waals surface area contributed by atoms with Gasteiger partial charge < -0.3 is 18.9 Å². The summed E-state index contributed by atoms with van der Waals surface area (Å²) >= 11 is 6.93. The molecule has 2 rings (SSSR count). The fourth-order valence-electron chi connectivity index (χ4n) is 2.89. The van der Waals surface area contributed by atoms with Gasteiger partial charge in [-0.25, -0.2) is 4.98 Å². The molecule has 1 aliphatic rings. The largest absolute Gasteiger partial charge is 0.463 e. The quantitative estimate of drug-likeness (QED) is 0.184. The topological polar surface area (TPSA) is 174 Å². The number of ether oxygens (including phenoxy) is 4. The molecule has 1 aromatic heterocycles. The summed E-state index contributed by atoms with van der Waals surface area (Å²) in [5, 5.41) is 13.3. The van der Waals surface area contributed by atoms with Gasteiger partial charge in [0.05, 0.1) is 5.02 Å². The first-order valence-electron chi connectivity index (χ1n) is 9.06. The molecule has 2 unspecified atom stereocenters. The molecule has 0 saturated carbocycles. The molecular weight excluding hydrogens is 466 g/mol. The Labute approximate surface area is 191 Å². The van der Waals surface area contributed by atoms with Gasteiger partial charge >= 0.3 is 17.9 Å². The van der Waals surface area contributed by atoms with Crippen LogP contribution in [0, 0.1) is 11.3 Å². The van der Waals surface area contributed by atoms with E-state index in [2.05, 4.69) is 15.0 Å². The van der Waals surface area contributed by atoms with Crippen LogP contribution in [-0.2, 0) is 33.3 Å². The lowest BCUT2D eigenvalue weighted by atomic mass is 9.97. The third-order valence-electron chi connectivity index (χ3n) is 4.03. The molecule has 32 heavy (non-hydrogen) atoms. The lowest BCUT2D eigenvalue weighted by molar-refractivity contribution is -0.201. The number of nitrogens with zero attached hydrogens (tertiary/aromatic N) is 5. The van der Waals surface area contributed by atoms with Crippen LogP contribution in [0.1, 0.15) is 26.5 Å². The number of azide groups is 1. The van der Waals surface area contributed by atoms with Gasteiger partial charge in [0, 0.05) is 36.8 Å².